The van der Waals surface area contributed by atoms with Gasteiger partial charge >= 0.3 is 0 Å². The van der Waals surface area contributed by atoms with Gasteiger partial charge in [0.15, 0.2) is 5.78 Å². The smallest absolute Gasteiger partial charge is 0.163 e. The molecule has 2 rings (SSSR count). The Hall–Kier alpha value is -2.07. The zero-order valence-corrected chi connectivity index (χ0v) is 12.4. The Balaban J connectivity index is 2.26. The predicted molar refractivity (Wildman–Crippen MR) is 78.7 cm³/mol. The molecule has 2 aromatic rings. The van der Waals surface area contributed by atoms with Gasteiger partial charge in [0.05, 0.1) is 12.7 Å². The number of hydrogen-bond acceptors (Lipinski definition) is 3. The number of carbonyl (C=O) groups is 1. The number of benzene rings is 2. The standard InChI is InChI=1S/C16H14ClFO3/c1-10(19)14-5-4-13(20-2)8-16(14)21-9-11-7-12(17)3-6-15(11)18/h3-8H,9H2,1-2H3. The molecule has 0 spiro atoms. The topological polar surface area (TPSA) is 35.5 Å². The number of rotatable bonds is 5. The molecule has 0 unspecified atom stereocenters. The molecule has 0 aromatic heterocycles. The monoisotopic (exact) mass is 308 g/mol. The minimum Gasteiger partial charge on any atom is -0.497 e. The fourth-order valence-corrected chi connectivity index (χ4v) is 2.04. The van der Waals surface area contributed by atoms with E-state index in [1.165, 1.54) is 32.2 Å². The molecule has 110 valence electrons. The van der Waals surface area contributed by atoms with E-state index in [1.807, 2.05) is 0 Å². The van der Waals surface area contributed by atoms with Crippen molar-refractivity contribution >= 4 is 17.4 Å². The summed E-state index contributed by atoms with van der Waals surface area (Å²) in [7, 11) is 1.52. The predicted octanol–water partition coefficient (Wildman–Crippen LogP) is 4.27. The maximum Gasteiger partial charge on any atom is 0.163 e. The quantitative estimate of drug-likeness (QED) is 0.774. The first kappa shape index (κ1) is 15.3. The molecule has 0 radical (unpaired) electrons. The van der Waals surface area contributed by atoms with Crippen LogP contribution in [0.1, 0.15) is 22.8 Å². The van der Waals surface area contributed by atoms with Crippen LogP contribution in [0.15, 0.2) is 36.4 Å². The van der Waals surface area contributed by atoms with E-state index >= 15 is 0 Å². The molecule has 2 aromatic carbocycles. The van der Waals surface area contributed by atoms with Crippen molar-refractivity contribution in [1.29, 1.82) is 0 Å². The van der Waals surface area contributed by atoms with Crippen molar-refractivity contribution in [1.82, 2.24) is 0 Å². The Bertz CT molecular complexity index is 671. The number of methoxy groups -OCH3 is 1. The van der Waals surface area contributed by atoms with Crippen LogP contribution in [0.4, 0.5) is 4.39 Å². The van der Waals surface area contributed by atoms with Gasteiger partial charge in [0.1, 0.15) is 23.9 Å². The van der Waals surface area contributed by atoms with Crippen molar-refractivity contribution in [3.63, 3.8) is 0 Å². The van der Waals surface area contributed by atoms with Crippen molar-refractivity contribution in [3.05, 3.63) is 58.4 Å². The zero-order chi connectivity index (χ0) is 15.4. The lowest BCUT2D eigenvalue weighted by Crippen LogP contribution is -2.03. The second-order valence-electron chi connectivity index (χ2n) is 4.44. The number of hydrogen-bond donors (Lipinski definition) is 0. The fourth-order valence-electron chi connectivity index (χ4n) is 1.85. The van der Waals surface area contributed by atoms with Crippen LogP contribution in [0.2, 0.25) is 5.02 Å². The number of halogens is 2. The average Bonchev–Trinajstić information content (AvgIpc) is 2.47. The number of Topliss-reactive ketones (excluding diaryl/α,β-unsaturated/α-hetero) is 1. The van der Waals surface area contributed by atoms with E-state index in [-0.39, 0.29) is 12.4 Å². The highest BCUT2D eigenvalue weighted by Crippen LogP contribution is 2.26. The summed E-state index contributed by atoms with van der Waals surface area (Å²) in [6, 6.07) is 9.11. The lowest BCUT2D eigenvalue weighted by molar-refractivity contribution is 0.101. The third kappa shape index (κ3) is 3.73. The van der Waals surface area contributed by atoms with E-state index in [2.05, 4.69) is 0 Å². The average molecular weight is 309 g/mol. The second-order valence-corrected chi connectivity index (χ2v) is 4.88. The second kappa shape index (κ2) is 6.59. The summed E-state index contributed by atoms with van der Waals surface area (Å²) in [5.74, 6) is 0.355. The zero-order valence-electron chi connectivity index (χ0n) is 11.7. The molecule has 5 heteroatoms. The molecule has 3 nitrogen and oxygen atoms in total. The van der Waals surface area contributed by atoms with Gasteiger partial charge in [0.2, 0.25) is 0 Å². The van der Waals surface area contributed by atoms with E-state index in [0.717, 1.165) is 0 Å². The molecule has 0 N–H and O–H groups in total. The van der Waals surface area contributed by atoms with Crippen LogP contribution in [-0.2, 0) is 6.61 Å². The van der Waals surface area contributed by atoms with Gasteiger partial charge in [-0.3, -0.25) is 4.79 Å². The minimum atomic E-state index is -0.410. The van der Waals surface area contributed by atoms with E-state index in [4.69, 9.17) is 21.1 Å². The summed E-state index contributed by atoms with van der Waals surface area (Å²) in [6.07, 6.45) is 0. The van der Waals surface area contributed by atoms with Crippen LogP contribution in [0.25, 0.3) is 0 Å². The minimum absolute atomic E-state index is 0.0279. The molecule has 0 saturated carbocycles. The molecule has 0 aliphatic rings. The lowest BCUT2D eigenvalue weighted by atomic mass is 10.1. The Morgan fingerprint density at radius 1 is 1.24 bits per heavy atom. The Morgan fingerprint density at radius 2 is 2.00 bits per heavy atom. The first-order chi connectivity index (χ1) is 10.0. The molecular weight excluding hydrogens is 295 g/mol. The summed E-state index contributed by atoms with van der Waals surface area (Å²) in [5.41, 5.74) is 0.734. The van der Waals surface area contributed by atoms with Crippen molar-refractivity contribution in [2.45, 2.75) is 13.5 Å². The van der Waals surface area contributed by atoms with E-state index in [0.29, 0.717) is 27.6 Å². The van der Waals surface area contributed by atoms with Crippen LogP contribution in [0, 0.1) is 5.82 Å². The summed E-state index contributed by atoms with van der Waals surface area (Å²) in [6.45, 7) is 1.41. The normalized spacial score (nSPS) is 10.3. The largest absolute Gasteiger partial charge is 0.497 e. The Labute approximate surface area is 127 Å². The number of ether oxygens (including phenoxy) is 2. The van der Waals surface area contributed by atoms with Gasteiger partial charge in [-0.2, -0.15) is 0 Å². The number of carbonyl (C=O) groups excluding carboxylic acids is 1. The first-order valence-corrected chi connectivity index (χ1v) is 6.64. The Kier molecular flexibility index (Phi) is 4.81. The summed E-state index contributed by atoms with van der Waals surface area (Å²) in [5, 5.41) is 0.424. The SMILES string of the molecule is COc1ccc(C(C)=O)c(OCc2cc(Cl)ccc2F)c1. The Morgan fingerprint density at radius 3 is 2.67 bits per heavy atom. The van der Waals surface area contributed by atoms with E-state index in [9.17, 15) is 9.18 Å². The van der Waals surface area contributed by atoms with Gasteiger partial charge in [-0.25, -0.2) is 4.39 Å². The first-order valence-electron chi connectivity index (χ1n) is 6.27. The van der Waals surface area contributed by atoms with Crippen LogP contribution in [0.5, 0.6) is 11.5 Å². The molecular formula is C16H14ClFO3. The van der Waals surface area contributed by atoms with Gasteiger partial charge in [0.25, 0.3) is 0 Å². The third-order valence-corrected chi connectivity index (χ3v) is 3.19. The molecule has 0 aliphatic heterocycles. The van der Waals surface area contributed by atoms with Gasteiger partial charge in [-0.05, 0) is 37.3 Å². The molecule has 0 bridgehead atoms. The van der Waals surface area contributed by atoms with Gasteiger partial charge in [-0.1, -0.05) is 11.6 Å². The third-order valence-electron chi connectivity index (χ3n) is 2.96. The molecule has 0 atom stereocenters. The molecule has 0 fully saturated rings. The van der Waals surface area contributed by atoms with Crippen LogP contribution in [-0.4, -0.2) is 12.9 Å². The lowest BCUT2D eigenvalue weighted by Gasteiger charge is -2.12. The highest BCUT2D eigenvalue weighted by atomic mass is 35.5. The van der Waals surface area contributed by atoms with E-state index in [1.54, 1.807) is 18.2 Å². The summed E-state index contributed by atoms with van der Waals surface area (Å²) in [4.78, 5) is 11.6. The molecule has 0 saturated heterocycles. The van der Waals surface area contributed by atoms with Gasteiger partial charge in [0, 0.05) is 16.7 Å². The molecule has 0 heterocycles. The van der Waals surface area contributed by atoms with Crippen LogP contribution in [0.3, 0.4) is 0 Å². The van der Waals surface area contributed by atoms with Crippen LogP contribution >= 0.6 is 11.6 Å². The maximum absolute atomic E-state index is 13.6. The number of ketones is 1. The van der Waals surface area contributed by atoms with Gasteiger partial charge in [-0.15, -0.1) is 0 Å². The van der Waals surface area contributed by atoms with Gasteiger partial charge < -0.3 is 9.47 Å². The fraction of sp³-hybridized carbons (Fsp3) is 0.188. The van der Waals surface area contributed by atoms with E-state index < -0.39 is 5.82 Å². The molecule has 21 heavy (non-hydrogen) atoms. The van der Waals surface area contributed by atoms with Crippen LogP contribution < -0.4 is 9.47 Å². The van der Waals surface area contributed by atoms with Crippen molar-refractivity contribution in [3.8, 4) is 11.5 Å². The highest BCUT2D eigenvalue weighted by Gasteiger charge is 2.11. The van der Waals surface area contributed by atoms with Crippen molar-refractivity contribution in [2.24, 2.45) is 0 Å². The van der Waals surface area contributed by atoms with Crippen molar-refractivity contribution < 1.29 is 18.7 Å². The highest BCUT2D eigenvalue weighted by molar-refractivity contribution is 6.30. The summed E-state index contributed by atoms with van der Waals surface area (Å²) >= 11 is 5.83. The summed E-state index contributed by atoms with van der Waals surface area (Å²) < 4.78 is 24.3. The maximum atomic E-state index is 13.6. The molecule has 0 amide bonds. The van der Waals surface area contributed by atoms with Crippen molar-refractivity contribution in [2.75, 3.05) is 7.11 Å². The molecule has 0 aliphatic carbocycles.